The highest BCUT2D eigenvalue weighted by molar-refractivity contribution is 5.82. The molecule has 0 radical (unpaired) electrons. The molecule has 0 bridgehead atoms. The summed E-state index contributed by atoms with van der Waals surface area (Å²) in [7, 11) is 0. The van der Waals surface area contributed by atoms with Crippen LogP contribution >= 0.6 is 0 Å². The molecular formula is C46H56O18. The number of hydrogen-bond acceptors (Lipinski definition) is 18. The lowest BCUT2D eigenvalue weighted by Crippen LogP contribution is -2.66. The van der Waals surface area contributed by atoms with Crippen molar-refractivity contribution in [1.29, 1.82) is 0 Å². The first-order valence-corrected chi connectivity index (χ1v) is 20.8. The van der Waals surface area contributed by atoms with Crippen molar-refractivity contribution in [2.24, 2.45) is 0 Å². The molecule has 12 N–H and O–H groups in total. The van der Waals surface area contributed by atoms with E-state index in [0.717, 1.165) is 33.4 Å². The van der Waals surface area contributed by atoms with Crippen LogP contribution in [-0.4, -0.2) is 173 Å². The minimum absolute atomic E-state index is 0.307. The molecule has 0 spiro atoms. The van der Waals surface area contributed by atoms with Crippen molar-refractivity contribution in [2.75, 3.05) is 19.8 Å². The van der Waals surface area contributed by atoms with Crippen LogP contribution in [0.2, 0.25) is 0 Å². The van der Waals surface area contributed by atoms with Gasteiger partial charge < -0.3 is 89.7 Å². The van der Waals surface area contributed by atoms with E-state index < -0.39 is 111 Å². The predicted octanol–water partition coefficient (Wildman–Crippen LogP) is -0.461. The van der Waals surface area contributed by atoms with E-state index >= 15 is 0 Å². The van der Waals surface area contributed by atoms with Gasteiger partial charge in [-0.25, -0.2) is 0 Å². The van der Waals surface area contributed by atoms with Crippen LogP contribution in [0.15, 0.2) is 72.8 Å². The maximum Gasteiger partial charge on any atom is 0.231 e. The Bertz CT molecular complexity index is 2140. The summed E-state index contributed by atoms with van der Waals surface area (Å²) >= 11 is 0. The summed E-state index contributed by atoms with van der Waals surface area (Å²) in [6.45, 7) is 4.77. The first kappa shape index (κ1) is 47.6. The molecule has 3 aliphatic rings. The highest BCUT2D eigenvalue weighted by Gasteiger charge is 2.53. The van der Waals surface area contributed by atoms with Gasteiger partial charge in [0.25, 0.3) is 0 Å². The highest BCUT2D eigenvalue weighted by atomic mass is 16.7. The van der Waals surface area contributed by atoms with Crippen LogP contribution in [0.25, 0.3) is 33.4 Å². The number of benzene rings is 4. The van der Waals surface area contributed by atoms with Gasteiger partial charge in [-0.3, -0.25) is 0 Å². The Morgan fingerprint density at radius 3 is 1.12 bits per heavy atom. The van der Waals surface area contributed by atoms with E-state index in [0.29, 0.717) is 33.9 Å². The van der Waals surface area contributed by atoms with Gasteiger partial charge >= 0.3 is 0 Å². The van der Waals surface area contributed by atoms with Crippen molar-refractivity contribution in [3.05, 3.63) is 89.5 Å². The van der Waals surface area contributed by atoms with E-state index in [1.807, 2.05) is 36.4 Å². The van der Waals surface area contributed by atoms with Gasteiger partial charge in [-0.1, -0.05) is 18.2 Å². The molecule has 3 saturated heterocycles. The second-order valence-corrected chi connectivity index (χ2v) is 16.8. The second kappa shape index (κ2) is 19.3. The van der Waals surface area contributed by atoms with Crippen molar-refractivity contribution in [3.63, 3.8) is 0 Å². The lowest BCUT2D eigenvalue weighted by molar-refractivity contribution is -0.314. The highest BCUT2D eigenvalue weighted by Crippen LogP contribution is 2.39. The summed E-state index contributed by atoms with van der Waals surface area (Å²) in [6, 6.07) is 21.9. The molecule has 18 heteroatoms. The van der Waals surface area contributed by atoms with Crippen LogP contribution in [-0.2, 0) is 14.2 Å². The fraction of sp³-hybridized carbons (Fsp3) is 0.478. The summed E-state index contributed by atoms with van der Waals surface area (Å²) in [5.74, 6) is 0.936. The molecule has 0 unspecified atom stereocenters. The molecule has 3 fully saturated rings. The third-order valence-corrected chi connectivity index (χ3v) is 12.1. The maximum atomic E-state index is 11.0. The number of aryl methyl sites for hydroxylation is 3. The molecule has 0 amide bonds. The Morgan fingerprint density at radius 1 is 0.438 bits per heavy atom. The Hall–Kier alpha value is -4.32. The molecule has 0 aliphatic carbocycles. The topological polar surface area (TPSA) is 298 Å². The van der Waals surface area contributed by atoms with Crippen molar-refractivity contribution in [3.8, 4) is 50.6 Å². The summed E-state index contributed by atoms with van der Waals surface area (Å²) in [5, 5.41) is 123. The Morgan fingerprint density at radius 2 is 0.781 bits per heavy atom. The van der Waals surface area contributed by atoms with Crippen LogP contribution in [0.1, 0.15) is 23.6 Å². The quantitative estimate of drug-likeness (QED) is 0.0857. The van der Waals surface area contributed by atoms with Gasteiger partial charge in [0.15, 0.2) is 5.60 Å². The summed E-state index contributed by atoms with van der Waals surface area (Å²) in [5.41, 5.74) is 4.43. The van der Waals surface area contributed by atoms with Crippen LogP contribution in [0.5, 0.6) is 17.2 Å². The number of rotatable bonds is 12. The molecule has 7 rings (SSSR count). The average molecular weight is 897 g/mol. The molecule has 0 aromatic heterocycles. The van der Waals surface area contributed by atoms with E-state index in [-0.39, 0.29) is 0 Å². The van der Waals surface area contributed by atoms with Crippen LogP contribution in [0.3, 0.4) is 0 Å². The fourth-order valence-electron chi connectivity index (χ4n) is 8.07. The lowest BCUT2D eigenvalue weighted by Gasteiger charge is -2.45. The standard InChI is InChI=1S/C46H56O18/c1-20-11-23(5-8-29(20)59-43-40(55)38(53)35(50)32(17-47)61-43)26-14-27(24-6-9-30(21(2)12-24)60-44-41(56)39(54)36(51)33(18-48)62-44)16-28(15-26)25-7-10-31(22(3)13-25)63-45-46(4,58)42(57)37(52)34(19-49)64-45/h5-16,32-45,47-58H,17-19H2,1-4H3/t32-,33-,34-,35-,36-,37-,38+,39+,40+,41+,42+,43+,44+,45+,46+/m1/s1. The van der Waals surface area contributed by atoms with Gasteiger partial charge in [-0.2, -0.15) is 0 Å². The Kier molecular flexibility index (Phi) is 14.3. The minimum Gasteiger partial charge on any atom is -0.462 e. The zero-order valence-corrected chi connectivity index (χ0v) is 35.4. The second-order valence-electron chi connectivity index (χ2n) is 16.8. The zero-order chi connectivity index (χ0) is 46.4. The molecule has 18 nitrogen and oxygen atoms in total. The Labute approximate surface area is 368 Å². The predicted molar refractivity (Wildman–Crippen MR) is 225 cm³/mol. The van der Waals surface area contributed by atoms with Crippen LogP contribution in [0, 0.1) is 20.8 Å². The summed E-state index contributed by atoms with van der Waals surface area (Å²) in [6.07, 6.45) is -20.4. The molecule has 0 saturated carbocycles. The maximum absolute atomic E-state index is 11.0. The number of aliphatic hydroxyl groups excluding tert-OH is 11. The van der Waals surface area contributed by atoms with Crippen LogP contribution in [0.4, 0.5) is 0 Å². The van der Waals surface area contributed by atoms with E-state index in [4.69, 9.17) is 28.4 Å². The van der Waals surface area contributed by atoms with E-state index in [1.54, 1.807) is 57.2 Å². The van der Waals surface area contributed by atoms with Gasteiger partial charge in [0.05, 0.1) is 19.8 Å². The van der Waals surface area contributed by atoms with E-state index in [9.17, 15) is 61.3 Å². The van der Waals surface area contributed by atoms with E-state index in [2.05, 4.69) is 0 Å². The normalized spacial score (nSPS) is 34.3. The SMILES string of the molecule is Cc1cc(-c2cc(-c3ccc(O[C@H]4O[C@H](CO)[C@@H](O)[C@H](O)[C@@H]4O)c(C)c3)cc(-c3ccc(O[C@H]4O[C@H](CO)[C@@H](O)[C@H](O)[C@]4(C)O)c(C)c3)c2)ccc1O[C@H]1O[C@H](CO)[C@@H](O)[C@H](O)[C@@H]1O. The molecule has 15 atom stereocenters. The average Bonchev–Trinajstić information content (AvgIpc) is 3.28. The Balaban J connectivity index is 1.22. The zero-order valence-electron chi connectivity index (χ0n) is 35.4. The van der Waals surface area contributed by atoms with Gasteiger partial charge in [0.1, 0.15) is 84.4 Å². The molecule has 64 heavy (non-hydrogen) atoms. The molecule has 348 valence electrons. The van der Waals surface area contributed by atoms with Crippen molar-refractivity contribution >= 4 is 0 Å². The van der Waals surface area contributed by atoms with E-state index in [1.165, 1.54) is 6.92 Å². The van der Waals surface area contributed by atoms with Crippen LogP contribution < -0.4 is 14.2 Å². The molecule has 3 heterocycles. The third kappa shape index (κ3) is 9.36. The van der Waals surface area contributed by atoms with Crippen molar-refractivity contribution < 1.29 is 89.7 Å². The monoisotopic (exact) mass is 896 g/mol. The smallest absolute Gasteiger partial charge is 0.231 e. The third-order valence-electron chi connectivity index (χ3n) is 12.1. The molecule has 4 aromatic carbocycles. The van der Waals surface area contributed by atoms with Gasteiger partial charge in [0.2, 0.25) is 18.9 Å². The fourth-order valence-corrected chi connectivity index (χ4v) is 8.07. The van der Waals surface area contributed by atoms with Crippen molar-refractivity contribution in [2.45, 2.75) is 119 Å². The van der Waals surface area contributed by atoms with Crippen molar-refractivity contribution in [1.82, 2.24) is 0 Å². The summed E-state index contributed by atoms with van der Waals surface area (Å²) < 4.78 is 34.7. The van der Waals surface area contributed by atoms with Gasteiger partial charge in [0, 0.05) is 0 Å². The molecule has 3 aliphatic heterocycles. The molecular weight excluding hydrogens is 840 g/mol. The first-order valence-electron chi connectivity index (χ1n) is 20.8. The largest absolute Gasteiger partial charge is 0.462 e. The lowest BCUT2D eigenvalue weighted by atomic mass is 9.88. The van der Waals surface area contributed by atoms with Gasteiger partial charge in [-0.15, -0.1) is 0 Å². The summed E-state index contributed by atoms with van der Waals surface area (Å²) in [4.78, 5) is 0. The van der Waals surface area contributed by atoms with Gasteiger partial charge in [-0.05, 0) is 132 Å². The number of ether oxygens (including phenoxy) is 6. The molecule has 4 aromatic rings. The number of hydrogen-bond donors (Lipinski definition) is 12. The minimum atomic E-state index is -2.03. The first-order chi connectivity index (χ1) is 30.4. The number of aliphatic hydroxyl groups is 12.